The van der Waals surface area contributed by atoms with Crippen LogP contribution >= 0.6 is 0 Å². The summed E-state index contributed by atoms with van der Waals surface area (Å²) >= 11 is 0. The van der Waals surface area contributed by atoms with Gasteiger partial charge in [-0.2, -0.15) is 0 Å². The number of rotatable bonds is 1. The number of carbonyl (C=O) groups excluding carboxylic acids is 4. The molecule has 6 aliphatic carbocycles. The third kappa shape index (κ3) is 7.04. The summed E-state index contributed by atoms with van der Waals surface area (Å²) in [5.74, 6) is 0.230. The Kier molecular flexibility index (Phi) is 11.1. The molecule has 0 radical (unpaired) electrons. The monoisotopic (exact) mass is 782 g/mol. The number of esters is 4. The van der Waals surface area contributed by atoms with Gasteiger partial charge in [0.1, 0.15) is 24.4 Å². The number of fused-ring (bicyclic) bond motifs is 9. The van der Waals surface area contributed by atoms with Crippen LogP contribution in [0.3, 0.4) is 0 Å². The lowest BCUT2D eigenvalue weighted by Gasteiger charge is -2.47. The van der Waals surface area contributed by atoms with Gasteiger partial charge in [0.25, 0.3) is 0 Å². The highest BCUT2D eigenvalue weighted by molar-refractivity contribution is 5.92. The van der Waals surface area contributed by atoms with Crippen LogP contribution in [0.5, 0.6) is 0 Å². The lowest BCUT2D eigenvalue weighted by Crippen LogP contribution is -2.48. The molecule has 6 unspecified atom stereocenters. The van der Waals surface area contributed by atoms with E-state index in [-0.39, 0.29) is 108 Å². The minimum absolute atomic E-state index is 0.0162. The molecule has 3 saturated heterocycles. The summed E-state index contributed by atoms with van der Waals surface area (Å²) in [4.78, 5) is 46.5. The van der Waals surface area contributed by atoms with E-state index < -0.39 is 6.10 Å². The van der Waals surface area contributed by atoms with Crippen LogP contribution in [-0.2, 0) is 38.1 Å². The fourth-order valence-electron chi connectivity index (χ4n) is 11.8. The topological polar surface area (TPSA) is 146 Å². The Morgan fingerprint density at radius 3 is 1.68 bits per heavy atom. The summed E-state index contributed by atoms with van der Waals surface area (Å²) in [6.07, 6.45) is 6.86. The van der Waals surface area contributed by atoms with E-state index in [1.54, 1.807) is 0 Å². The first-order chi connectivity index (χ1) is 26.9. The summed E-state index contributed by atoms with van der Waals surface area (Å²) in [5.41, 5.74) is 6.92. The molecule has 0 aromatic heterocycles. The summed E-state index contributed by atoms with van der Waals surface area (Å²) < 4.78 is 21.9. The molecule has 0 bridgehead atoms. The van der Waals surface area contributed by atoms with Crippen LogP contribution < -0.4 is 0 Å². The molecule has 0 aromatic carbocycles. The summed E-state index contributed by atoms with van der Waals surface area (Å²) in [6, 6.07) is 0. The molecule has 306 valence electrons. The maximum absolute atomic E-state index is 11.8. The highest BCUT2D eigenvalue weighted by Crippen LogP contribution is 2.55. The van der Waals surface area contributed by atoms with Gasteiger partial charge in [-0.3, -0.25) is 4.79 Å². The van der Waals surface area contributed by atoms with Crippen LogP contribution in [0.1, 0.15) is 72.1 Å². The number of hydrogen-bond donors (Lipinski definition) is 2. The molecular weight excluding hydrogens is 725 g/mol. The van der Waals surface area contributed by atoms with Crippen molar-refractivity contribution in [3.8, 4) is 0 Å². The van der Waals surface area contributed by atoms with Crippen molar-refractivity contribution in [3.63, 3.8) is 0 Å². The van der Waals surface area contributed by atoms with Gasteiger partial charge < -0.3 is 29.2 Å². The van der Waals surface area contributed by atoms with Crippen LogP contribution in [0.2, 0.25) is 0 Å². The molecule has 9 rings (SSSR count). The first kappa shape index (κ1) is 40.9. The maximum atomic E-state index is 11.8. The Balaban J connectivity index is 0.000000131. The molecule has 8 fully saturated rings. The van der Waals surface area contributed by atoms with Crippen molar-refractivity contribution in [2.24, 2.45) is 59.2 Å². The molecule has 57 heavy (non-hydrogen) atoms. The molecule has 3 aliphatic heterocycles. The van der Waals surface area contributed by atoms with E-state index in [2.05, 4.69) is 66.0 Å². The zero-order chi connectivity index (χ0) is 41.4. The number of carbonyl (C=O) groups is 4. The van der Waals surface area contributed by atoms with Gasteiger partial charge in [-0.1, -0.05) is 75.8 Å². The lowest BCUT2D eigenvalue weighted by molar-refractivity contribution is -0.146. The lowest BCUT2D eigenvalue weighted by atomic mass is 9.60. The second kappa shape index (κ2) is 15.5. The number of hydrogen-bond acceptors (Lipinski definition) is 10. The fraction of sp³-hybridized carbons (Fsp3) is 0.574. The minimum Gasteiger partial charge on any atom is -0.458 e. The summed E-state index contributed by atoms with van der Waals surface area (Å²) in [6.45, 7) is 33.7. The van der Waals surface area contributed by atoms with Gasteiger partial charge in [-0.15, -0.1) is 0 Å². The Morgan fingerprint density at radius 2 is 1.16 bits per heavy atom. The SMILES string of the molecule is C=C1C(=O)OC2C1CCC(=C)C1CC(O)C(=C)C12.C=C1C(=O)O[C@@H]2[C@@H]1C[C@@H](C)C1[C@H]2C(C)=CC[C@@H]1O.C=C1[C@@H]2[C@H]3OC(=O)C(=C)[C@@H]3CCC(=C)[C@@H]2C[C@H]1OC(C)=O. The number of aliphatic hydroxyl groups is 2. The predicted octanol–water partition coefficient (Wildman–Crippen LogP) is 6.61. The molecular formula is C47H58O10. The second-order valence-corrected chi connectivity index (χ2v) is 18.0. The van der Waals surface area contributed by atoms with Crippen LogP contribution in [0.15, 0.2) is 96.7 Å². The normalized spacial score (nSPS) is 42.9. The number of allylic oxidation sites excluding steroid dienone is 2. The highest BCUT2D eigenvalue weighted by atomic mass is 16.6. The quantitative estimate of drug-likeness (QED) is 0.129. The zero-order valence-corrected chi connectivity index (χ0v) is 33.6. The van der Waals surface area contributed by atoms with Crippen molar-refractivity contribution in [1.29, 1.82) is 0 Å². The van der Waals surface area contributed by atoms with E-state index in [1.165, 1.54) is 12.5 Å². The van der Waals surface area contributed by atoms with Crippen LogP contribution in [0, 0.1) is 59.2 Å². The third-order valence-electron chi connectivity index (χ3n) is 14.9. The maximum Gasteiger partial charge on any atom is 0.334 e. The molecule has 5 saturated carbocycles. The molecule has 3 heterocycles. The van der Waals surface area contributed by atoms with Crippen molar-refractivity contribution in [2.75, 3.05) is 0 Å². The van der Waals surface area contributed by atoms with Crippen LogP contribution in [-0.4, -0.2) is 70.7 Å². The van der Waals surface area contributed by atoms with Crippen molar-refractivity contribution in [3.05, 3.63) is 96.7 Å². The Bertz CT molecular complexity index is 1880. The average Bonchev–Trinajstić information content (AvgIpc) is 3.85. The van der Waals surface area contributed by atoms with Gasteiger partial charge in [0.15, 0.2) is 0 Å². The van der Waals surface area contributed by atoms with E-state index >= 15 is 0 Å². The Labute approximate surface area is 336 Å². The Morgan fingerprint density at radius 1 is 0.684 bits per heavy atom. The highest BCUT2D eigenvalue weighted by Gasteiger charge is 2.56. The van der Waals surface area contributed by atoms with E-state index in [0.717, 1.165) is 60.8 Å². The van der Waals surface area contributed by atoms with Gasteiger partial charge in [0.05, 0.1) is 12.2 Å². The van der Waals surface area contributed by atoms with E-state index in [0.29, 0.717) is 35.5 Å². The van der Waals surface area contributed by atoms with Crippen molar-refractivity contribution >= 4 is 23.9 Å². The number of aliphatic hydroxyl groups excluding tert-OH is 2. The molecule has 2 N–H and O–H groups in total. The fourth-order valence-corrected chi connectivity index (χ4v) is 11.8. The van der Waals surface area contributed by atoms with E-state index in [9.17, 15) is 29.4 Å². The third-order valence-corrected chi connectivity index (χ3v) is 14.9. The predicted molar refractivity (Wildman–Crippen MR) is 212 cm³/mol. The van der Waals surface area contributed by atoms with Gasteiger partial charge in [-0.05, 0) is 93.1 Å². The van der Waals surface area contributed by atoms with Crippen molar-refractivity contribution in [2.45, 2.75) is 109 Å². The van der Waals surface area contributed by atoms with Crippen molar-refractivity contribution in [1.82, 2.24) is 0 Å². The molecule has 0 aromatic rings. The van der Waals surface area contributed by atoms with Gasteiger partial charge >= 0.3 is 23.9 Å². The van der Waals surface area contributed by atoms with Crippen molar-refractivity contribution < 1.29 is 48.3 Å². The summed E-state index contributed by atoms with van der Waals surface area (Å²) in [5, 5.41) is 20.2. The smallest absolute Gasteiger partial charge is 0.334 e. The number of ether oxygens (including phenoxy) is 4. The van der Waals surface area contributed by atoms with Crippen LogP contribution in [0.4, 0.5) is 0 Å². The minimum atomic E-state index is -0.497. The molecule has 0 amide bonds. The average molecular weight is 783 g/mol. The largest absolute Gasteiger partial charge is 0.458 e. The zero-order valence-electron chi connectivity index (χ0n) is 33.6. The van der Waals surface area contributed by atoms with Gasteiger partial charge in [-0.25, -0.2) is 14.4 Å². The molecule has 16 atom stereocenters. The summed E-state index contributed by atoms with van der Waals surface area (Å²) in [7, 11) is 0. The Hall–Kier alpha value is -4.28. The van der Waals surface area contributed by atoms with E-state index in [1.807, 2.05) is 0 Å². The molecule has 9 aliphatic rings. The van der Waals surface area contributed by atoms with Gasteiger partial charge in [0, 0.05) is 59.2 Å². The van der Waals surface area contributed by atoms with Crippen LogP contribution in [0.25, 0.3) is 0 Å². The first-order valence-electron chi connectivity index (χ1n) is 20.5. The molecule has 10 heteroatoms. The van der Waals surface area contributed by atoms with Gasteiger partial charge in [0.2, 0.25) is 0 Å². The first-order valence-corrected chi connectivity index (χ1v) is 20.5. The molecule has 0 spiro atoms. The van der Waals surface area contributed by atoms with E-state index in [4.69, 9.17) is 18.9 Å². The second-order valence-electron chi connectivity index (χ2n) is 18.0. The molecule has 10 nitrogen and oxygen atoms in total. The standard InChI is InChI=1S/C17H20O4.C15H18O3.C15H20O3/c1-8-5-6-12-9(2)17(19)21-16(12)15-10(3)14(7-13(8)15)20-11(4)18;1-7-4-5-10-8(2)15(17)18-14(10)13-9(3)12(16)6-11(7)13;1-7-4-5-11(16)12-8(2)6-10-9(3)15(17)18-14(10)13(7)12/h12-16H,1-3,5-7H2,4H3;10-14,16H,1-6H2;4,8,10-14,16H,3,5-6H2,1-2H3/t12-,13-,14+,15-,16-;;8-,10-,11+,12?,13-,14-/m0.1/s1.